The Morgan fingerprint density at radius 2 is 0.823 bits per heavy atom. The maximum absolute atomic E-state index is 13.4. The second-order valence-corrected chi connectivity index (χ2v) is 14.9. The van der Waals surface area contributed by atoms with Gasteiger partial charge in [-0.3, -0.25) is 9.59 Å². The summed E-state index contributed by atoms with van der Waals surface area (Å²) in [5.74, 6) is -2.60. The van der Waals surface area contributed by atoms with Crippen molar-refractivity contribution < 1.29 is 45.4 Å². The number of halogens is 6. The minimum absolute atomic E-state index is 0.357. The average molecular weight is 845 g/mol. The van der Waals surface area contributed by atoms with E-state index in [1.165, 1.54) is 26.4 Å². The molecule has 0 amide bonds. The van der Waals surface area contributed by atoms with Gasteiger partial charge in [0.05, 0.1) is 25.3 Å². The van der Waals surface area contributed by atoms with Crippen molar-refractivity contribution >= 4 is 34.2 Å². The number of benzene rings is 6. The molecule has 0 aromatic heterocycles. The monoisotopic (exact) mass is 844 g/mol. The lowest BCUT2D eigenvalue weighted by Gasteiger charge is -2.17. The molecule has 0 saturated heterocycles. The molecule has 8 rings (SSSR count). The highest BCUT2D eigenvalue weighted by Gasteiger charge is 2.41. The molecular weight excluding hydrogens is 803 g/mol. The fourth-order valence-corrected chi connectivity index (χ4v) is 8.35. The zero-order valence-electron chi connectivity index (χ0n) is 34.3. The highest BCUT2D eigenvalue weighted by Crippen LogP contribution is 2.52. The predicted octanol–water partition coefficient (Wildman–Crippen LogP) is 13.0. The van der Waals surface area contributed by atoms with E-state index in [0.29, 0.717) is 22.3 Å². The Balaban J connectivity index is 0.000000186. The number of hydrogen-bond donors (Lipinski definition) is 0. The van der Waals surface area contributed by atoms with Crippen LogP contribution in [-0.2, 0) is 44.3 Å². The minimum atomic E-state index is -4.48. The van der Waals surface area contributed by atoms with E-state index in [0.717, 1.165) is 92.8 Å². The summed E-state index contributed by atoms with van der Waals surface area (Å²) in [5, 5.41) is 0. The van der Waals surface area contributed by atoms with Crippen LogP contribution in [0.4, 0.5) is 26.3 Å². The van der Waals surface area contributed by atoms with E-state index >= 15 is 0 Å². The number of fused-ring (bicyclic) bond motifs is 2. The Hall–Kier alpha value is -6.68. The minimum Gasteiger partial charge on any atom is -0.468 e. The standard InChI is InChI=1S/2C26H21F3O2/c2*1-3-16-11-13-17(14-12-16)22-20-9-4-5-10-21(20)24(25(30)31-2)23(22)18-7-6-8-19(15-18)26(27,28)29/h2*4-15,24H,3H2,1-2H3/t2*24-/m10/s1. The van der Waals surface area contributed by atoms with E-state index in [9.17, 15) is 35.9 Å². The summed E-state index contributed by atoms with van der Waals surface area (Å²) in [4.78, 5) is 25.7. The fourth-order valence-electron chi connectivity index (χ4n) is 8.35. The van der Waals surface area contributed by atoms with Crippen molar-refractivity contribution in [3.63, 3.8) is 0 Å². The van der Waals surface area contributed by atoms with Gasteiger partial charge in [0, 0.05) is 0 Å². The van der Waals surface area contributed by atoms with Gasteiger partial charge in [-0.15, -0.1) is 0 Å². The van der Waals surface area contributed by atoms with Crippen LogP contribution >= 0.6 is 0 Å². The van der Waals surface area contributed by atoms with Crippen LogP contribution in [0.15, 0.2) is 146 Å². The van der Waals surface area contributed by atoms with Crippen LogP contribution in [0.5, 0.6) is 0 Å². The molecule has 0 N–H and O–H groups in total. The van der Waals surface area contributed by atoms with Crippen molar-refractivity contribution in [3.05, 3.63) is 212 Å². The summed E-state index contributed by atoms with van der Waals surface area (Å²) in [6, 6.07) is 40.9. The Labute approximate surface area is 356 Å². The Morgan fingerprint density at radius 1 is 0.468 bits per heavy atom. The predicted molar refractivity (Wildman–Crippen MR) is 229 cm³/mol. The van der Waals surface area contributed by atoms with Gasteiger partial charge in [-0.1, -0.05) is 135 Å². The molecule has 0 saturated carbocycles. The fraction of sp³-hybridized carbons (Fsp3) is 0.192. The van der Waals surface area contributed by atoms with E-state index in [4.69, 9.17) is 9.47 Å². The molecule has 62 heavy (non-hydrogen) atoms. The number of esters is 2. The summed E-state index contributed by atoms with van der Waals surface area (Å²) < 4.78 is 90.7. The first-order valence-corrected chi connectivity index (χ1v) is 20.1. The van der Waals surface area contributed by atoms with E-state index in [1.807, 2.05) is 97.1 Å². The molecule has 6 aromatic rings. The van der Waals surface area contributed by atoms with E-state index in [2.05, 4.69) is 13.8 Å². The van der Waals surface area contributed by atoms with Gasteiger partial charge in [0.2, 0.25) is 0 Å². The molecular formula is C52H42F6O4. The van der Waals surface area contributed by atoms with Crippen molar-refractivity contribution in [2.75, 3.05) is 14.2 Å². The highest BCUT2D eigenvalue weighted by molar-refractivity contribution is 6.14. The van der Waals surface area contributed by atoms with Gasteiger partial charge in [0.15, 0.2) is 0 Å². The van der Waals surface area contributed by atoms with Crippen LogP contribution in [0.25, 0.3) is 22.3 Å². The first-order valence-electron chi connectivity index (χ1n) is 20.1. The second kappa shape index (κ2) is 17.7. The van der Waals surface area contributed by atoms with Crippen molar-refractivity contribution in [3.8, 4) is 0 Å². The number of methoxy groups -OCH3 is 2. The average Bonchev–Trinajstić information content (AvgIpc) is 3.82. The van der Waals surface area contributed by atoms with Crippen LogP contribution in [0, 0.1) is 0 Å². The lowest BCUT2D eigenvalue weighted by molar-refractivity contribution is -0.141. The van der Waals surface area contributed by atoms with Gasteiger partial charge in [-0.05, 0) is 115 Å². The number of hydrogen-bond acceptors (Lipinski definition) is 4. The summed E-state index contributed by atoms with van der Waals surface area (Å²) >= 11 is 0. The number of alkyl halides is 6. The van der Waals surface area contributed by atoms with Crippen molar-refractivity contribution in [2.45, 2.75) is 50.9 Å². The number of carbonyl (C=O) groups excluding carboxylic acids is 2. The molecule has 10 heteroatoms. The highest BCUT2D eigenvalue weighted by atomic mass is 19.4. The van der Waals surface area contributed by atoms with Crippen LogP contribution in [0.1, 0.15) is 92.4 Å². The van der Waals surface area contributed by atoms with Gasteiger partial charge >= 0.3 is 24.3 Å². The van der Waals surface area contributed by atoms with Gasteiger partial charge in [0.25, 0.3) is 0 Å². The van der Waals surface area contributed by atoms with Crippen LogP contribution in [-0.4, -0.2) is 26.2 Å². The number of carbonyl (C=O) groups is 2. The molecule has 0 heterocycles. The van der Waals surface area contributed by atoms with Crippen molar-refractivity contribution in [1.29, 1.82) is 0 Å². The van der Waals surface area contributed by atoms with Crippen LogP contribution < -0.4 is 0 Å². The van der Waals surface area contributed by atoms with Crippen LogP contribution in [0.3, 0.4) is 0 Å². The maximum atomic E-state index is 13.4. The third-order valence-electron chi connectivity index (χ3n) is 11.4. The molecule has 2 aliphatic rings. The first-order chi connectivity index (χ1) is 29.7. The van der Waals surface area contributed by atoms with E-state index in [1.54, 1.807) is 12.1 Å². The number of ether oxygens (including phenoxy) is 2. The number of rotatable bonds is 8. The summed E-state index contributed by atoms with van der Waals surface area (Å²) in [7, 11) is 2.59. The molecule has 2 atom stereocenters. The van der Waals surface area contributed by atoms with Crippen molar-refractivity contribution in [2.24, 2.45) is 0 Å². The molecule has 0 unspecified atom stereocenters. The quantitative estimate of drug-likeness (QED) is 0.113. The SMILES string of the molecule is CCc1ccc(C2=C(c3cccc(C(F)(F)F)c3)[C@@H](C(=O)OC)c3ccccc32)cc1.CCc1ccc(C2=C(c3cccc(C(F)(F)F)c3)[C@H](C(=O)OC)c3ccccc32)cc1. The molecule has 0 radical (unpaired) electrons. The van der Waals surface area contributed by atoms with E-state index in [-0.39, 0.29) is 0 Å². The first kappa shape index (κ1) is 43.4. The molecule has 0 spiro atoms. The summed E-state index contributed by atoms with van der Waals surface area (Å²) in [5.41, 5.74) is 8.92. The molecule has 6 aromatic carbocycles. The smallest absolute Gasteiger partial charge is 0.416 e. The van der Waals surface area contributed by atoms with E-state index < -0.39 is 47.3 Å². The molecule has 2 aliphatic carbocycles. The Kier molecular flexibility index (Phi) is 12.4. The zero-order valence-corrected chi connectivity index (χ0v) is 34.3. The zero-order chi connectivity index (χ0) is 44.3. The Morgan fingerprint density at radius 3 is 1.15 bits per heavy atom. The van der Waals surface area contributed by atoms with Gasteiger partial charge in [0.1, 0.15) is 11.8 Å². The van der Waals surface area contributed by atoms with Crippen molar-refractivity contribution in [1.82, 2.24) is 0 Å². The van der Waals surface area contributed by atoms with Gasteiger partial charge < -0.3 is 9.47 Å². The van der Waals surface area contributed by atoms with Crippen LogP contribution in [0.2, 0.25) is 0 Å². The molecule has 4 nitrogen and oxygen atoms in total. The van der Waals surface area contributed by atoms with Gasteiger partial charge in [-0.25, -0.2) is 0 Å². The topological polar surface area (TPSA) is 52.6 Å². The summed E-state index contributed by atoms with van der Waals surface area (Å²) in [6.07, 6.45) is -7.21. The molecule has 316 valence electrons. The molecule has 0 bridgehead atoms. The lowest BCUT2D eigenvalue weighted by Crippen LogP contribution is -2.14. The maximum Gasteiger partial charge on any atom is 0.416 e. The normalized spacial score (nSPS) is 15.7. The molecule has 0 fully saturated rings. The third-order valence-corrected chi connectivity index (χ3v) is 11.4. The number of aryl methyl sites for hydroxylation is 2. The lowest BCUT2D eigenvalue weighted by atomic mass is 9.88. The summed E-state index contributed by atoms with van der Waals surface area (Å²) in [6.45, 7) is 4.11. The molecule has 0 aliphatic heterocycles. The largest absolute Gasteiger partial charge is 0.468 e. The third kappa shape index (κ3) is 8.46. The second-order valence-electron chi connectivity index (χ2n) is 14.9. The van der Waals surface area contributed by atoms with Gasteiger partial charge in [-0.2, -0.15) is 26.3 Å². The Bertz CT molecular complexity index is 2500.